The van der Waals surface area contributed by atoms with E-state index in [2.05, 4.69) is 126 Å². The van der Waals surface area contributed by atoms with Crippen LogP contribution in [-0.4, -0.2) is 19.5 Å². The van der Waals surface area contributed by atoms with E-state index in [4.69, 9.17) is 19.4 Å². The van der Waals surface area contributed by atoms with Gasteiger partial charge in [-0.3, -0.25) is 0 Å². The van der Waals surface area contributed by atoms with Crippen molar-refractivity contribution in [2.24, 2.45) is 0 Å². The monoisotopic (exact) mass is 746 g/mol. The molecule has 4 aromatic heterocycles. The van der Waals surface area contributed by atoms with Crippen LogP contribution < -0.4 is 0 Å². The van der Waals surface area contributed by atoms with Gasteiger partial charge in [-0.1, -0.05) is 140 Å². The first-order valence-electron chi connectivity index (χ1n) is 19.0. The van der Waals surface area contributed by atoms with Crippen LogP contribution >= 0.6 is 11.3 Å². The molecule has 0 radical (unpaired) electrons. The smallest absolute Gasteiger partial charge is 0.164 e. The Morgan fingerprint density at radius 1 is 0.404 bits per heavy atom. The lowest BCUT2D eigenvalue weighted by atomic mass is 9.97. The van der Waals surface area contributed by atoms with Gasteiger partial charge >= 0.3 is 0 Å². The predicted octanol–water partition coefficient (Wildman–Crippen LogP) is 13.9. The molecule has 0 unspecified atom stereocenters. The molecule has 5 nitrogen and oxygen atoms in total. The Morgan fingerprint density at radius 3 is 1.70 bits per heavy atom. The van der Waals surface area contributed by atoms with Crippen LogP contribution in [0.3, 0.4) is 0 Å². The van der Waals surface area contributed by atoms with Crippen molar-refractivity contribution in [3.05, 3.63) is 182 Å². The van der Waals surface area contributed by atoms with E-state index in [1.807, 2.05) is 72.0 Å². The first kappa shape index (κ1) is 31.9. The molecule has 0 N–H and O–H groups in total. The van der Waals surface area contributed by atoms with Crippen molar-refractivity contribution < 1.29 is 4.42 Å². The molecule has 8 aromatic carbocycles. The Balaban J connectivity index is 1.07. The molecule has 0 aliphatic heterocycles. The van der Waals surface area contributed by atoms with E-state index < -0.39 is 0 Å². The van der Waals surface area contributed by atoms with Gasteiger partial charge in [0.15, 0.2) is 17.5 Å². The Bertz CT molecular complexity index is 3420. The van der Waals surface area contributed by atoms with E-state index in [9.17, 15) is 0 Å². The molecule has 266 valence electrons. The molecular formula is C51H30N4OS. The summed E-state index contributed by atoms with van der Waals surface area (Å²) >= 11 is 1.81. The number of rotatable bonds is 5. The molecule has 6 heteroatoms. The summed E-state index contributed by atoms with van der Waals surface area (Å²) in [5.41, 5.74) is 10.4. The fraction of sp³-hybridized carbons (Fsp3) is 0. The minimum Gasteiger partial charge on any atom is -0.456 e. The molecule has 0 amide bonds. The number of para-hydroxylation sites is 2. The quantitative estimate of drug-likeness (QED) is 0.176. The molecule has 0 aliphatic carbocycles. The summed E-state index contributed by atoms with van der Waals surface area (Å²) in [5, 5.41) is 6.99. The van der Waals surface area contributed by atoms with Gasteiger partial charge in [0.25, 0.3) is 0 Å². The van der Waals surface area contributed by atoms with Crippen LogP contribution in [0, 0.1) is 0 Å². The summed E-state index contributed by atoms with van der Waals surface area (Å²) < 4.78 is 11.3. The highest BCUT2D eigenvalue weighted by Gasteiger charge is 2.21. The van der Waals surface area contributed by atoms with Gasteiger partial charge in [-0.25, -0.2) is 15.0 Å². The van der Waals surface area contributed by atoms with Crippen molar-refractivity contribution in [1.29, 1.82) is 0 Å². The third-order valence-corrected chi connectivity index (χ3v) is 12.3. The zero-order valence-electron chi connectivity index (χ0n) is 30.4. The van der Waals surface area contributed by atoms with Gasteiger partial charge < -0.3 is 8.98 Å². The number of nitrogens with zero attached hydrogens (tertiary/aromatic N) is 4. The number of thiophene rings is 1. The van der Waals surface area contributed by atoms with Gasteiger partial charge in [0.1, 0.15) is 11.2 Å². The highest BCUT2D eigenvalue weighted by Crippen LogP contribution is 2.46. The van der Waals surface area contributed by atoms with Crippen molar-refractivity contribution in [2.45, 2.75) is 0 Å². The first-order chi connectivity index (χ1) is 28.3. The van der Waals surface area contributed by atoms with E-state index in [0.29, 0.717) is 17.5 Å². The average Bonchev–Trinajstić information content (AvgIpc) is 3.96. The van der Waals surface area contributed by atoms with Gasteiger partial charge in [-0.2, -0.15) is 0 Å². The zero-order chi connectivity index (χ0) is 37.5. The molecule has 0 aliphatic rings. The molecule has 12 rings (SSSR count). The topological polar surface area (TPSA) is 56.7 Å². The second-order valence-corrected chi connectivity index (χ2v) is 15.4. The summed E-state index contributed by atoms with van der Waals surface area (Å²) in [6.07, 6.45) is 0. The summed E-state index contributed by atoms with van der Waals surface area (Å²) in [6, 6.07) is 63.7. The summed E-state index contributed by atoms with van der Waals surface area (Å²) in [4.78, 5) is 15.2. The van der Waals surface area contributed by atoms with Gasteiger partial charge in [0.05, 0.1) is 11.0 Å². The Hall–Kier alpha value is -7.41. The molecular weight excluding hydrogens is 717 g/mol. The van der Waals surface area contributed by atoms with Crippen molar-refractivity contribution in [3.8, 4) is 51.0 Å². The van der Waals surface area contributed by atoms with Crippen LogP contribution in [0.1, 0.15) is 0 Å². The lowest BCUT2D eigenvalue weighted by Gasteiger charge is -2.10. The minimum absolute atomic E-state index is 0.649. The van der Waals surface area contributed by atoms with Crippen LogP contribution in [0.15, 0.2) is 186 Å². The number of aromatic nitrogens is 4. The number of hydrogen-bond acceptors (Lipinski definition) is 5. The highest BCUT2D eigenvalue weighted by molar-refractivity contribution is 7.26. The van der Waals surface area contributed by atoms with Gasteiger partial charge in [-0.15, -0.1) is 11.3 Å². The third kappa shape index (κ3) is 4.98. The van der Waals surface area contributed by atoms with Crippen molar-refractivity contribution in [1.82, 2.24) is 19.5 Å². The first-order valence-corrected chi connectivity index (χ1v) is 19.8. The van der Waals surface area contributed by atoms with Crippen LogP contribution in [-0.2, 0) is 0 Å². The van der Waals surface area contributed by atoms with Gasteiger partial charge in [-0.05, 0) is 48.0 Å². The lowest BCUT2D eigenvalue weighted by Crippen LogP contribution is -2.00. The molecule has 0 saturated heterocycles. The molecule has 0 bridgehead atoms. The van der Waals surface area contributed by atoms with Crippen molar-refractivity contribution in [2.75, 3.05) is 0 Å². The molecule has 4 heterocycles. The molecule has 0 saturated carbocycles. The summed E-state index contributed by atoms with van der Waals surface area (Å²) in [6.45, 7) is 0. The van der Waals surface area contributed by atoms with E-state index in [0.717, 1.165) is 55.3 Å². The molecule has 0 spiro atoms. The van der Waals surface area contributed by atoms with Crippen molar-refractivity contribution in [3.63, 3.8) is 0 Å². The Kier molecular flexibility index (Phi) is 7.03. The standard InChI is InChI=1S/C51H30N4OS/c1-3-14-31(15-4-1)49-52-50(32-16-5-2-6-17-32)54-51(53-49)39-23-13-27-45-47(39)38-22-11-21-37(48(38)57-45)36-20-12-26-44-46(36)40-30-33(28-29-43(40)56-44)55-41-24-9-7-18-34(41)35-19-8-10-25-42(35)55/h1-30H. The summed E-state index contributed by atoms with van der Waals surface area (Å²) in [7, 11) is 0. The van der Waals surface area contributed by atoms with Gasteiger partial charge in [0.2, 0.25) is 0 Å². The number of hydrogen-bond donors (Lipinski definition) is 0. The maximum absolute atomic E-state index is 6.58. The van der Waals surface area contributed by atoms with Crippen LogP contribution in [0.5, 0.6) is 0 Å². The molecule has 0 fully saturated rings. The van der Waals surface area contributed by atoms with E-state index >= 15 is 0 Å². The minimum atomic E-state index is 0.649. The molecule has 57 heavy (non-hydrogen) atoms. The van der Waals surface area contributed by atoms with Crippen LogP contribution in [0.2, 0.25) is 0 Å². The zero-order valence-corrected chi connectivity index (χ0v) is 31.2. The summed E-state index contributed by atoms with van der Waals surface area (Å²) in [5.74, 6) is 1.95. The second-order valence-electron chi connectivity index (χ2n) is 14.3. The third-order valence-electron chi connectivity index (χ3n) is 11.1. The fourth-order valence-corrected chi connectivity index (χ4v) is 9.81. The van der Waals surface area contributed by atoms with E-state index in [1.165, 1.54) is 42.2 Å². The normalized spacial score (nSPS) is 11.9. The molecule has 12 aromatic rings. The van der Waals surface area contributed by atoms with Gasteiger partial charge in [0, 0.05) is 69.7 Å². The van der Waals surface area contributed by atoms with Crippen LogP contribution in [0.4, 0.5) is 0 Å². The fourth-order valence-electron chi connectivity index (χ4n) is 8.55. The van der Waals surface area contributed by atoms with Crippen LogP contribution in [0.25, 0.3) is 115 Å². The largest absolute Gasteiger partial charge is 0.456 e. The second kappa shape index (κ2) is 12.6. The number of fused-ring (bicyclic) bond motifs is 9. The maximum atomic E-state index is 6.58. The molecule has 0 atom stereocenters. The Morgan fingerprint density at radius 2 is 0.982 bits per heavy atom. The Labute approximate surface area is 330 Å². The van der Waals surface area contributed by atoms with E-state index in [-0.39, 0.29) is 0 Å². The number of furan rings is 1. The van der Waals surface area contributed by atoms with Crippen molar-refractivity contribution >= 4 is 75.3 Å². The predicted molar refractivity (Wildman–Crippen MR) is 236 cm³/mol. The van der Waals surface area contributed by atoms with E-state index in [1.54, 1.807) is 0 Å². The average molecular weight is 747 g/mol. The number of benzene rings is 8. The lowest BCUT2D eigenvalue weighted by molar-refractivity contribution is 0.669. The maximum Gasteiger partial charge on any atom is 0.164 e. The highest BCUT2D eigenvalue weighted by atomic mass is 32.1. The SMILES string of the molecule is c1ccc(-c2nc(-c3ccccc3)nc(-c3cccc4sc5c(-c6cccc7oc8ccc(-n9c%10ccccc%10c%10ccccc%109)cc8c67)cccc5c34)n2)cc1.